The topological polar surface area (TPSA) is 52.8 Å². The van der Waals surface area contributed by atoms with Crippen LogP contribution in [0.25, 0.3) is 5.65 Å². The van der Waals surface area contributed by atoms with Crippen LogP contribution in [0.1, 0.15) is 16.1 Å². The Hall–Kier alpha value is -2.82. The van der Waals surface area contributed by atoms with Crippen LogP contribution in [0.2, 0.25) is 0 Å². The number of fused-ring (bicyclic) bond motifs is 1. The summed E-state index contributed by atoms with van der Waals surface area (Å²) >= 11 is 0. The minimum Gasteiger partial charge on any atom is -0.497 e. The van der Waals surface area contributed by atoms with Gasteiger partial charge in [-0.15, -0.1) is 0 Å². The molecule has 5 nitrogen and oxygen atoms in total. The first-order chi connectivity index (χ1) is 10.3. The van der Waals surface area contributed by atoms with Crippen LogP contribution in [0.4, 0.5) is 0 Å². The van der Waals surface area contributed by atoms with Gasteiger partial charge in [0.1, 0.15) is 23.7 Å². The number of methoxy groups -OCH3 is 1. The molecule has 106 valence electrons. The molecule has 3 rings (SSSR count). The minimum atomic E-state index is 0.340. The Bertz CT molecular complexity index is 763. The average molecular weight is 282 g/mol. The van der Waals surface area contributed by atoms with Gasteiger partial charge >= 0.3 is 0 Å². The molecule has 0 amide bonds. The van der Waals surface area contributed by atoms with E-state index in [0.29, 0.717) is 23.8 Å². The van der Waals surface area contributed by atoms with E-state index >= 15 is 0 Å². The first-order valence-electron chi connectivity index (χ1n) is 6.50. The van der Waals surface area contributed by atoms with Crippen molar-refractivity contribution in [1.82, 2.24) is 9.38 Å². The summed E-state index contributed by atoms with van der Waals surface area (Å²) in [6.45, 7) is 0.342. The van der Waals surface area contributed by atoms with Crippen LogP contribution < -0.4 is 9.47 Å². The van der Waals surface area contributed by atoms with Crippen molar-refractivity contribution in [3.63, 3.8) is 0 Å². The van der Waals surface area contributed by atoms with Crippen molar-refractivity contribution in [2.45, 2.75) is 6.61 Å². The molecule has 0 bridgehead atoms. The normalized spacial score (nSPS) is 10.5. The highest BCUT2D eigenvalue weighted by atomic mass is 16.5. The van der Waals surface area contributed by atoms with Crippen molar-refractivity contribution < 1.29 is 14.3 Å². The second-order valence-corrected chi connectivity index (χ2v) is 4.49. The van der Waals surface area contributed by atoms with Crippen molar-refractivity contribution in [2.24, 2.45) is 0 Å². The summed E-state index contributed by atoms with van der Waals surface area (Å²) in [5.41, 5.74) is 2.08. The largest absolute Gasteiger partial charge is 0.497 e. The van der Waals surface area contributed by atoms with Crippen LogP contribution in [-0.4, -0.2) is 22.8 Å². The summed E-state index contributed by atoms with van der Waals surface area (Å²) in [4.78, 5) is 15.6. The molecule has 0 spiro atoms. The van der Waals surface area contributed by atoms with Gasteiger partial charge in [0.15, 0.2) is 6.29 Å². The Morgan fingerprint density at radius 2 is 2.00 bits per heavy atom. The Balaban J connectivity index is 1.82. The summed E-state index contributed by atoms with van der Waals surface area (Å²) in [7, 11) is 1.62. The average Bonchev–Trinajstić information content (AvgIpc) is 2.91. The zero-order valence-electron chi connectivity index (χ0n) is 11.5. The maximum atomic E-state index is 11.2. The minimum absolute atomic E-state index is 0.340. The SMILES string of the molecule is COc1ccc(COc2nc3ccccn3c2C=O)cc1. The van der Waals surface area contributed by atoms with Crippen molar-refractivity contribution >= 4 is 11.9 Å². The smallest absolute Gasteiger partial charge is 0.244 e. The number of carbonyl (C=O) groups is 1. The molecule has 2 heterocycles. The molecule has 0 aliphatic heterocycles. The zero-order chi connectivity index (χ0) is 14.7. The van der Waals surface area contributed by atoms with Crippen molar-refractivity contribution in [1.29, 1.82) is 0 Å². The lowest BCUT2D eigenvalue weighted by Crippen LogP contribution is -1.99. The van der Waals surface area contributed by atoms with E-state index in [1.165, 1.54) is 0 Å². The van der Waals surface area contributed by atoms with Crippen LogP contribution in [0.15, 0.2) is 48.7 Å². The molecule has 21 heavy (non-hydrogen) atoms. The molecule has 0 atom stereocenters. The summed E-state index contributed by atoms with van der Waals surface area (Å²) in [6.07, 6.45) is 2.54. The molecule has 2 aromatic heterocycles. The third-order valence-corrected chi connectivity index (χ3v) is 3.18. The van der Waals surface area contributed by atoms with E-state index in [9.17, 15) is 4.79 Å². The number of hydrogen-bond acceptors (Lipinski definition) is 4. The van der Waals surface area contributed by atoms with Gasteiger partial charge in [0.05, 0.1) is 7.11 Å². The molecule has 0 radical (unpaired) electrons. The third-order valence-electron chi connectivity index (χ3n) is 3.18. The molecule has 0 saturated carbocycles. The summed E-state index contributed by atoms with van der Waals surface area (Å²) in [5, 5.41) is 0. The van der Waals surface area contributed by atoms with Gasteiger partial charge in [0.25, 0.3) is 0 Å². The monoisotopic (exact) mass is 282 g/mol. The van der Waals surface area contributed by atoms with Gasteiger partial charge in [-0.25, -0.2) is 0 Å². The predicted molar refractivity (Wildman–Crippen MR) is 77.9 cm³/mol. The highest BCUT2D eigenvalue weighted by Gasteiger charge is 2.12. The summed E-state index contributed by atoms with van der Waals surface area (Å²) in [5.74, 6) is 1.13. The fraction of sp³-hybridized carbons (Fsp3) is 0.125. The highest BCUT2D eigenvalue weighted by Crippen LogP contribution is 2.20. The summed E-state index contributed by atoms with van der Waals surface area (Å²) in [6, 6.07) is 13.1. The van der Waals surface area contributed by atoms with E-state index in [2.05, 4.69) is 4.98 Å². The Labute approximate surface area is 121 Å². The molecular weight excluding hydrogens is 268 g/mol. The molecule has 0 saturated heterocycles. The van der Waals surface area contributed by atoms with Crippen LogP contribution >= 0.6 is 0 Å². The molecule has 0 N–H and O–H groups in total. The number of aromatic nitrogens is 2. The number of nitrogens with zero attached hydrogens (tertiary/aromatic N) is 2. The number of aldehydes is 1. The number of hydrogen-bond donors (Lipinski definition) is 0. The molecule has 3 aromatic rings. The third kappa shape index (κ3) is 2.58. The Morgan fingerprint density at radius 1 is 1.19 bits per heavy atom. The van der Waals surface area contributed by atoms with Gasteiger partial charge in [-0.05, 0) is 29.8 Å². The van der Waals surface area contributed by atoms with Gasteiger partial charge in [-0.2, -0.15) is 4.98 Å². The molecule has 5 heteroatoms. The van der Waals surface area contributed by atoms with E-state index in [0.717, 1.165) is 17.6 Å². The maximum absolute atomic E-state index is 11.2. The van der Waals surface area contributed by atoms with Gasteiger partial charge in [0.2, 0.25) is 5.88 Å². The Kier molecular flexibility index (Phi) is 3.55. The lowest BCUT2D eigenvalue weighted by Gasteiger charge is -2.05. The number of rotatable bonds is 5. The standard InChI is InChI=1S/C16H14N2O3/c1-20-13-7-5-12(6-8-13)11-21-16-14(10-19)18-9-3-2-4-15(18)17-16/h2-10H,11H2,1H3. The van der Waals surface area contributed by atoms with E-state index < -0.39 is 0 Å². The predicted octanol–water partition coefficient (Wildman–Crippen LogP) is 2.73. The lowest BCUT2D eigenvalue weighted by atomic mass is 10.2. The quantitative estimate of drug-likeness (QED) is 0.675. The molecular formula is C16H14N2O3. The second kappa shape index (κ2) is 5.66. The number of pyridine rings is 1. The van der Waals surface area contributed by atoms with E-state index in [1.807, 2.05) is 42.5 Å². The molecule has 0 aliphatic rings. The van der Waals surface area contributed by atoms with Crippen LogP contribution in [0, 0.1) is 0 Å². The maximum Gasteiger partial charge on any atom is 0.244 e. The van der Waals surface area contributed by atoms with Gasteiger partial charge < -0.3 is 9.47 Å². The first kappa shape index (κ1) is 13.2. The number of benzene rings is 1. The van der Waals surface area contributed by atoms with Crippen molar-refractivity contribution in [3.8, 4) is 11.6 Å². The fourth-order valence-electron chi connectivity index (χ4n) is 2.08. The van der Waals surface area contributed by atoms with E-state index in [1.54, 1.807) is 17.7 Å². The van der Waals surface area contributed by atoms with Crippen LogP contribution in [0.3, 0.4) is 0 Å². The second-order valence-electron chi connectivity index (χ2n) is 4.49. The molecule has 0 unspecified atom stereocenters. The lowest BCUT2D eigenvalue weighted by molar-refractivity contribution is 0.111. The van der Waals surface area contributed by atoms with Gasteiger partial charge in [0, 0.05) is 6.20 Å². The fourth-order valence-corrected chi connectivity index (χ4v) is 2.08. The van der Waals surface area contributed by atoms with Crippen molar-refractivity contribution in [2.75, 3.05) is 7.11 Å². The Morgan fingerprint density at radius 3 is 2.71 bits per heavy atom. The van der Waals surface area contributed by atoms with Gasteiger partial charge in [-0.1, -0.05) is 18.2 Å². The van der Waals surface area contributed by atoms with Gasteiger partial charge in [-0.3, -0.25) is 9.20 Å². The number of carbonyl (C=O) groups excluding carboxylic acids is 1. The van der Waals surface area contributed by atoms with E-state index in [-0.39, 0.29) is 0 Å². The van der Waals surface area contributed by atoms with Crippen LogP contribution in [0.5, 0.6) is 11.6 Å². The van der Waals surface area contributed by atoms with E-state index in [4.69, 9.17) is 9.47 Å². The summed E-state index contributed by atoms with van der Waals surface area (Å²) < 4.78 is 12.5. The number of ether oxygens (including phenoxy) is 2. The van der Waals surface area contributed by atoms with Crippen molar-refractivity contribution in [3.05, 3.63) is 59.9 Å². The molecule has 0 fully saturated rings. The first-order valence-corrected chi connectivity index (χ1v) is 6.50. The van der Waals surface area contributed by atoms with Crippen LogP contribution in [-0.2, 0) is 6.61 Å². The molecule has 1 aromatic carbocycles. The zero-order valence-corrected chi connectivity index (χ0v) is 11.5. The molecule has 0 aliphatic carbocycles. The number of imidazole rings is 1. The highest BCUT2D eigenvalue weighted by molar-refractivity contribution is 5.78.